The van der Waals surface area contributed by atoms with Crippen molar-refractivity contribution in [2.75, 3.05) is 19.5 Å². The molecule has 0 unspecified atom stereocenters. The Morgan fingerprint density at radius 3 is 2.62 bits per heavy atom. The summed E-state index contributed by atoms with van der Waals surface area (Å²) in [7, 11) is 1.68. The maximum atomic E-state index is 5.89. The van der Waals surface area contributed by atoms with E-state index in [1.807, 2.05) is 24.3 Å². The lowest BCUT2D eigenvalue weighted by Gasteiger charge is -2.22. The number of benzene rings is 2. The van der Waals surface area contributed by atoms with Crippen LogP contribution in [-0.2, 0) is 17.7 Å². The highest BCUT2D eigenvalue weighted by molar-refractivity contribution is 7.99. The molecule has 0 radical (unpaired) electrons. The van der Waals surface area contributed by atoms with E-state index < -0.39 is 0 Å². The summed E-state index contributed by atoms with van der Waals surface area (Å²) < 4.78 is 13.4. The van der Waals surface area contributed by atoms with Crippen LogP contribution in [0.2, 0.25) is 0 Å². The monoisotopic (exact) mass is 409 g/mol. The summed E-state index contributed by atoms with van der Waals surface area (Å²) in [6.07, 6.45) is 4.82. The van der Waals surface area contributed by atoms with E-state index in [9.17, 15) is 0 Å². The van der Waals surface area contributed by atoms with Gasteiger partial charge in [0.2, 0.25) is 0 Å². The minimum absolute atomic E-state index is 0.317. The van der Waals surface area contributed by atoms with Crippen molar-refractivity contribution in [2.24, 2.45) is 0 Å². The Kier molecular flexibility index (Phi) is 6.85. The zero-order valence-electron chi connectivity index (χ0n) is 16.8. The molecule has 0 amide bonds. The third kappa shape index (κ3) is 5.19. The largest absolute Gasteiger partial charge is 0.497 e. The van der Waals surface area contributed by atoms with Crippen molar-refractivity contribution in [1.29, 1.82) is 0 Å². The topological polar surface area (TPSA) is 49.2 Å². The van der Waals surface area contributed by atoms with Crippen molar-refractivity contribution in [2.45, 2.75) is 43.5 Å². The average molecular weight is 410 g/mol. The minimum Gasteiger partial charge on any atom is -0.497 e. The second-order valence-electron chi connectivity index (χ2n) is 7.22. The Balaban J connectivity index is 1.54. The molecule has 1 aliphatic rings. The number of methoxy groups -OCH3 is 1. The van der Waals surface area contributed by atoms with E-state index in [0.29, 0.717) is 6.10 Å². The molecule has 0 saturated carbocycles. The van der Waals surface area contributed by atoms with E-state index >= 15 is 0 Å². The molecule has 1 saturated heterocycles. The molecule has 3 aromatic rings. The fraction of sp³-hybridized carbons (Fsp3) is 0.391. The van der Waals surface area contributed by atoms with Crippen LogP contribution in [0.15, 0.2) is 59.8 Å². The summed E-state index contributed by atoms with van der Waals surface area (Å²) in [4.78, 5) is 0. The van der Waals surface area contributed by atoms with E-state index in [-0.39, 0.29) is 0 Å². The normalized spacial score (nSPS) is 16.7. The van der Waals surface area contributed by atoms with Crippen LogP contribution in [0.1, 0.15) is 24.8 Å². The molecule has 0 aliphatic carbocycles. The van der Waals surface area contributed by atoms with Gasteiger partial charge >= 0.3 is 0 Å². The molecular weight excluding hydrogens is 382 g/mol. The SMILES string of the molecule is COc1ccc(-c2nnc(SC[C@@H]3CCCCO3)n2CCc2ccccc2)cc1. The summed E-state index contributed by atoms with van der Waals surface area (Å²) in [6.45, 7) is 1.72. The highest BCUT2D eigenvalue weighted by Crippen LogP contribution is 2.28. The molecule has 2 aromatic carbocycles. The molecule has 1 fully saturated rings. The first-order valence-electron chi connectivity index (χ1n) is 10.2. The first-order valence-corrected chi connectivity index (χ1v) is 11.2. The van der Waals surface area contributed by atoms with Crippen LogP contribution in [0.3, 0.4) is 0 Å². The summed E-state index contributed by atoms with van der Waals surface area (Å²) >= 11 is 1.75. The van der Waals surface area contributed by atoms with Crippen LogP contribution in [-0.4, -0.2) is 40.3 Å². The number of nitrogens with zero attached hydrogens (tertiary/aromatic N) is 3. The third-order valence-corrected chi connectivity index (χ3v) is 6.30. The van der Waals surface area contributed by atoms with Gasteiger partial charge in [0.25, 0.3) is 0 Å². The van der Waals surface area contributed by atoms with Gasteiger partial charge in [-0.15, -0.1) is 10.2 Å². The fourth-order valence-electron chi connectivity index (χ4n) is 3.54. The van der Waals surface area contributed by atoms with Crippen LogP contribution < -0.4 is 4.74 Å². The van der Waals surface area contributed by atoms with Gasteiger partial charge in [-0.05, 0) is 55.5 Å². The van der Waals surface area contributed by atoms with Gasteiger partial charge in [0.1, 0.15) is 5.75 Å². The van der Waals surface area contributed by atoms with Gasteiger partial charge in [0.05, 0.1) is 13.2 Å². The van der Waals surface area contributed by atoms with Crippen molar-refractivity contribution >= 4 is 11.8 Å². The minimum atomic E-state index is 0.317. The molecule has 0 spiro atoms. The fourth-order valence-corrected chi connectivity index (χ4v) is 4.57. The van der Waals surface area contributed by atoms with Crippen LogP contribution in [0.5, 0.6) is 5.75 Å². The number of thioether (sulfide) groups is 1. The summed E-state index contributed by atoms with van der Waals surface area (Å²) in [5.41, 5.74) is 2.36. The predicted molar refractivity (Wildman–Crippen MR) is 116 cm³/mol. The van der Waals surface area contributed by atoms with Crippen LogP contribution in [0.4, 0.5) is 0 Å². The lowest BCUT2D eigenvalue weighted by molar-refractivity contribution is 0.0315. The second kappa shape index (κ2) is 9.94. The average Bonchev–Trinajstić information content (AvgIpc) is 3.20. The smallest absolute Gasteiger partial charge is 0.191 e. The van der Waals surface area contributed by atoms with Gasteiger partial charge in [-0.2, -0.15) is 0 Å². The number of ether oxygens (including phenoxy) is 2. The summed E-state index contributed by atoms with van der Waals surface area (Å²) in [5.74, 6) is 2.66. The van der Waals surface area contributed by atoms with Crippen molar-refractivity contribution in [1.82, 2.24) is 14.8 Å². The van der Waals surface area contributed by atoms with Gasteiger partial charge in [0, 0.05) is 24.5 Å². The molecule has 152 valence electrons. The van der Waals surface area contributed by atoms with E-state index in [0.717, 1.165) is 54.0 Å². The number of aromatic nitrogens is 3. The molecule has 0 bridgehead atoms. The van der Waals surface area contributed by atoms with Gasteiger partial charge in [0.15, 0.2) is 11.0 Å². The Morgan fingerprint density at radius 2 is 1.90 bits per heavy atom. The molecular formula is C23H27N3O2S. The lowest BCUT2D eigenvalue weighted by Crippen LogP contribution is -2.21. The van der Waals surface area contributed by atoms with Gasteiger partial charge in [-0.3, -0.25) is 0 Å². The van der Waals surface area contributed by atoms with Crippen molar-refractivity contribution in [3.05, 3.63) is 60.2 Å². The van der Waals surface area contributed by atoms with Crippen molar-refractivity contribution in [3.8, 4) is 17.1 Å². The molecule has 5 nitrogen and oxygen atoms in total. The van der Waals surface area contributed by atoms with Gasteiger partial charge in [-0.25, -0.2) is 0 Å². The van der Waals surface area contributed by atoms with E-state index in [1.165, 1.54) is 18.4 Å². The molecule has 6 heteroatoms. The molecule has 1 atom stereocenters. The number of hydrogen-bond acceptors (Lipinski definition) is 5. The number of rotatable bonds is 8. The quantitative estimate of drug-likeness (QED) is 0.498. The summed E-state index contributed by atoms with van der Waals surface area (Å²) in [5, 5.41) is 10.0. The van der Waals surface area contributed by atoms with Crippen molar-refractivity contribution < 1.29 is 9.47 Å². The van der Waals surface area contributed by atoms with Crippen LogP contribution in [0.25, 0.3) is 11.4 Å². The number of hydrogen-bond donors (Lipinski definition) is 0. The maximum absolute atomic E-state index is 5.89. The second-order valence-corrected chi connectivity index (χ2v) is 8.21. The molecule has 2 heterocycles. The van der Waals surface area contributed by atoms with E-state index in [4.69, 9.17) is 9.47 Å². The lowest BCUT2D eigenvalue weighted by atomic mass is 10.1. The van der Waals surface area contributed by atoms with E-state index in [2.05, 4.69) is 45.1 Å². The Hall–Kier alpha value is -2.31. The molecule has 0 N–H and O–H groups in total. The molecule has 1 aromatic heterocycles. The van der Waals surface area contributed by atoms with Gasteiger partial charge < -0.3 is 14.0 Å². The van der Waals surface area contributed by atoms with Gasteiger partial charge in [-0.1, -0.05) is 42.1 Å². The molecule has 4 rings (SSSR count). The number of aryl methyl sites for hydroxylation is 1. The molecule has 1 aliphatic heterocycles. The standard InChI is InChI=1S/C23H27N3O2S/c1-27-20-12-10-19(11-13-20)22-24-25-23(29-17-21-9-5-6-16-28-21)26(22)15-14-18-7-3-2-4-8-18/h2-4,7-8,10-13,21H,5-6,9,14-17H2,1H3/t21-/m0/s1. The Labute approximate surface area is 176 Å². The first kappa shape index (κ1) is 20.0. The maximum Gasteiger partial charge on any atom is 0.191 e. The Bertz CT molecular complexity index is 890. The highest BCUT2D eigenvalue weighted by Gasteiger charge is 2.19. The summed E-state index contributed by atoms with van der Waals surface area (Å²) in [6, 6.07) is 18.6. The van der Waals surface area contributed by atoms with Crippen molar-refractivity contribution in [3.63, 3.8) is 0 Å². The van der Waals surface area contributed by atoms with Crippen LogP contribution >= 0.6 is 11.8 Å². The first-order chi connectivity index (χ1) is 14.3. The zero-order chi connectivity index (χ0) is 19.9. The highest BCUT2D eigenvalue weighted by atomic mass is 32.2. The van der Waals surface area contributed by atoms with E-state index in [1.54, 1.807) is 18.9 Å². The zero-order valence-corrected chi connectivity index (χ0v) is 17.6. The Morgan fingerprint density at radius 1 is 1.07 bits per heavy atom. The molecule has 29 heavy (non-hydrogen) atoms. The third-order valence-electron chi connectivity index (χ3n) is 5.20. The predicted octanol–water partition coefficient (Wildman–Crippen LogP) is 4.86. The van der Waals surface area contributed by atoms with Crippen LogP contribution in [0, 0.1) is 0 Å².